The molecule has 6 heteroatoms. The van der Waals surface area contributed by atoms with E-state index in [2.05, 4.69) is 10.6 Å². The summed E-state index contributed by atoms with van der Waals surface area (Å²) in [4.78, 5) is 25.4. The minimum atomic E-state index is -0.232. The molecule has 4 nitrogen and oxygen atoms in total. The zero-order valence-electron chi connectivity index (χ0n) is 12.4. The van der Waals surface area contributed by atoms with E-state index in [0.29, 0.717) is 9.90 Å². The number of carbonyl (C=O) groups excluding carboxylic acids is 2. The fraction of sp³-hybridized carbons (Fsp3) is 0.250. The number of carbonyl (C=O) groups is 2. The molecule has 1 unspecified atom stereocenters. The van der Waals surface area contributed by atoms with Crippen molar-refractivity contribution in [1.29, 1.82) is 0 Å². The Labute approximate surface area is 138 Å². The number of hydrogen-bond donors (Lipinski definition) is 2. The van der Waals surface area contributed by atoms with E-state index >= 15 is 0 Å². The lowest BCUT2D eigenvalue weighted by Gasteiger charge is -2.14. The van der Waals surface area contributed by atoms with Crippen LogP contribution in [0.5, 0.6) is 0 Å². The third-order valence-electron chi connectivity index (χ3n) is 3.12. The van der Waals surface area contributed by atoms with E-state index in [0.717, 1.165) is 10.4 Å². The minimum Gasteiger partial charge on any atom is -0.348 e. The van der Waals surface area contributed by atoms with E-state index in [1.54, 1.807) is 18.2 Å². The molecule has 2 aromatic rings. The van der Waals surface area contributed by atoms with Gasteiger partial charge in [0, 0.05) is 9.90 Å². The van der Waals surface area contributed by atoms with Crippen LogP contribution in [0.15, 0.2) is 36.4 Å². The molecule has 0 aliphatic heterocycles. The molecule has 0 aliphatic carbocycles. The van der Waals surface area contributed by atoms with E-state index in [1.807, 2.05) is 32.0 Å². The first-order valence-electron chi connectivity index (χ1n) is 6.85. The maximum Gasteiger partial charge on any atom is 0.261 e. The van der Waals surface area contributed by atoms with Crippen LogP contribution in [0.3, 0.4) is 0 Å². The molecule has 0 saturated heterocycles. The summed E-state index contributed by atoms with van der Waals surface area (Å²) in [5, 5.41) is 6.10. The van der Waals surface area contributed by atoms with Gasteiger partial charge in [0.25, 0.3) is 5.91 Å². The monoisotopic (exact) mass is 336 g/mol. The number of thiophene rings is 1. The number of hydrogen-bond acceptors (Lipinski definition) is 3. The van der Waals surface area contributed by atoms with Crippen molar-refractivity contribution in [1.82, 2.24) is 10.6 Å². The maximum atomic E-state index is 11.9. The molecule has 0 spiro atoms. The molecular formula is C16H17ClN2O2S. The Morgan fingerprint density at radius 3 is 2.45 bits per heavy atom. The van der Waals surface area contributed by atoms with Gasteiger partial charge < -0.3 is 10.6 Å². The van der Waals surface area contributed by atoms with Gasteiger partial charge >= 0.3 is 0 Å². The van der Waals surface area contributed by atoms with Crippen molar-refractivity contribution < 1.29 is 9.59 Å². The molecule has 2 rings (SSSR count). The third-order valence-corrected chi connectivity index (χ3v) is 4.37. The van der Waals surface area contributed by atoms with Crippen molar-refractivity contribution in [2.45, 2.75) is 19.9 Å². The van der Waals surface area contributed by atoms with Crippen LogP contribution < -0.4 is 10.6 Å². The Hall–Kier alpha value is -1.85. The van der Waals surface area contributed by atoms with Crippen LogP contribution in [0.25, 0.3) is 0 Å². The van der Waals surface area contributed by atoms with Crippen LogP contribution in [0.4, 0.5) is 0 Å². The van der Waals surface area contributed by atoms with E-state index < -0.39 is 0 Å². The van der Waals surface area contributed by atoms with Crippen molar-refractivity contribution in [3.8, 4) is 0 Å². The summed E-state index contributed by atoms with van der Waals surface area (Å²) < 4.78 is 0. The molecule has 0 radical (unpaired) electrons. The second kappa shape index (κ2) is 7.42. The highest BCUT2D eigenvalue weighted by Crippen LogP contribution is 2.16. The Balaban J connectivity index is 1.82. The lowest BCUT2D eigenvalue weighted by molar-refractivity contribution is -0.120. The van der Waals surface area contributed by atoms with E-state index in [4.69, 9.17) is 11.6 Å². The fourth-order valence-electron chi connectivity index (χ4n) is 1.93. The highest BCUT2D eigenvalue weighted by molar-refractivity contribution is 7.13. The van der Waals surface area contributed by atoms with Gasteiger partial charge in [0.05, 0.1) is 17.5 Å². The van der Waals surface area contributed by atoms with Crippen molar-refractivity contribution in [3.63, 3.8) is 0 Å². The SMILES string of the molecule is Cc1ccc(C(=O)NCC(=O)NC(C)c2ccc(Cl)cc2)s1. The average Bonchev–Trinajstić information content (AvgIpc) is 2.92. The van der Waals surface area contributed by atoms with Gasteiger partial charge in [-0.15, -0.1) is 11.3 Å². The first-order valence-corrected chi connectivity index (χ1v) is 8.04. The number of aryl methyl sites for hydroxylation is 1. The second-order valence-corrected chi connectivity index (χ2v) is 6.66. The van der Waals surface area contributed by atoms with Gasteiger partial charge in [-0.25, -0.2) is 0 Å². The lowest BCUT2D eigenvalue weighted by atomic mass is 10.1. The van der Waals surface area contributed by atoms with Crippen LogP contribution in [0.2, 0.25) is 5.02 Å². The molecule has 2 N–H and O–H groups in total. The van der Waals surface area contributed by atoms with Crippen molar-refractivity contribution >= 4 is 34.8 Å². The zero-order chi connectivity index (χ0) is 16.1. The van der Waals surface area contributed by atoms with Crippen molar-refractivity contribution in [2.75, 3.05) is 6.54 Å². The van der Waals surface area contributed by atoms with E-state index in [1.165, 1.54) is 11.3 Å². The standard InChI is InChI=1S/C16H17ClN2O2S/c1-10-3-8-14(22-10)16(21)18-9-15(20)19-11(2)12-4-6-13(17)7-5-12/h3-8,11H,9H2,1-2H3,(H,18,21)(H,19,20). The molecule has 0 bridgehead atoms. The molecule has 22 heavy (non-hydrogen) atoms. The van der Waals surface area contributed by atoms with Gasteiger partial charge in [0.1, 0.15) is 0 Å². The second-order valence-electron chi connectivity index (χ2n) is 4.93. The van der Waals surface area contributed by atoms with Gasteiger partial charge in [0.2, 0.25) is 5.91 Å². The average molecular weight is 337 g/mol. The van der Waals surface area contributed by atoms with Crippen LogP contribution in [0, 0.1) is 6.92 Å². The summed E-state index contributed by atoms with van der Waals surface area (Å²) in [7, 11) is 0. The number of amides is 2. The van der Waals surface area contributed by atoms with Gasteiger partial charge in [0.15, 0.2) is 0 Å². The molecular weight excluding hydrogens is 320 g/mol. The van der Waals surface area contributed by atoms with Gasteiger partial charge in [-0.05, 0) is 43.7 Å². The summed E-state index contributed by atoms with van der Waals surface area (Å²) in [5.41, 5.74) is 0.956. The third kappa shape index (κ3) is 4.58. The normalized spacial score (nSPS) is 11.8. The van der Waals surface area contributed by atoms with E-state index in [-0.39, 0.29) is 24.4 Å². The highest BCUT2D eigenvalue weighted by atomic mass is 35.5. The summed E-state index contributed by atoms with van der Waals surface area (Å²) in [5.74, 6) is -0.462. The van der Waals surface area contributed by atoms with Crippen molar-refractivity contribution in [2.24, 2.45) is 0 Å². The maximum absolute atomic E-state index is 11.9. The summed E-state index contributed by atoms with van der Waals surface area (Å²) >= 11 is 7.24. The molecule has 0 aliphatic rings. The smallest absolute Gasteiger partial charge is 0.261 e. The summed E-state index contributed by atoms with van der Waals surface area (Å²) in [6.45, 7) is 3.77. The molecule has 1 aromatic heterocycles. The first-order chi connectivity index (χ1) is 10.5. The molecule has 1 atom stereocenters. The van der Waals surface area contributed by atoms with E-state index in [9.17, 15) is 9.59 Å². The molecule has 0 saturated carbocycles. The van der Waals surface area contributed by atoms with Crippen LogP contribution >= 0.6 is 22.9 Å². The van der Waals surface area contributed by atoms with Crippen molar-refractivity contribution in [3.05, 3.63) is 56.7 Å². The molecule has 116 valence electrons. The number of nitrogens with one attached hydrogen (secondary N) is 2. The number of benzene rings is 1. The summed E-state index contributed by atoms with van der Waals surface area (Å²) in [6, 6.07) is 10.8. The molecule has 0 fully saturated rings. The quantitative estimate of drug-likeness (QED) is 0.880. The van der Waals surface area contributed by atoms with Crippen LogP contribution in [-0.2, 0) is 4.79 Å². The Kier molecular flexibility index (Phi) is 5.57. The predicted molar refractivity (Wildman–Crippen MR) is 89.4 cm³/mol. The molecule has 2 amide bonds. The van der Waals surface area contributed by atoms with Crippen LogP contribution in [-0.4, -0.2) is 18.4 Å². The lowest BCUT2D eigenvalue weighted by Crippen LogP contribution is -2.37. The molecule has 1 heterocycles. The fourth-order valence-corrected chi connectivity index (χ4v) is 2.84. The predicted octanol–water partition coefficient (Wildman–Crippen LogP) is 3.32. The Morgan fingerprint density at radius 1 is 1.18 bits per heavy atom. The number of rotatable bonds is 5. The molecule has 1 aromatic carbocycles. The Morgan fingerprint density at radius 2 is 1.86 bits per heavy atom. The highest BCUT2D eigenvalue weighted by Gasteiger charge is 2.12. The van der Waals surface area contributed by atoms with Gasteiger partial charge in [-0.1, -0.05) is 23.7 Å². The van der Waals surface area contributed by atoms with Gasteiger partial charge in [-0.2, -0.15) is 0 Å². The minimum absolute atomic E-state index is 0.0479. The summed E-state index contributed by atoms with van der Waals surface area (Å²) in [6.07, 6.45) is 0. The van der Waals surface area contributed by atoms with Gasteiger partial charge in [-0.3, -0.25) is 9.59 Å². The van der Waals surface area contributed by atoms with Crippen LogP contribution in [0.1, 0.15) is 33.1 Å². The largest absolute Gasteiger partial charge is 0.348 e. The Bertz CT molecular complexity index is 667. The first kappa shape index (κ1) is 16.5. The number of halogens is 1. The zero-order valence-corrected chi connectivity index (χ0v) is 13.9. The topological polar surface area (TPSA) is 58.2 Å².